The van der Waals surface area contributed by atoms with E-state index < -0.39 is 26.0 Å². The number of esters is 1. The molecule has 8 nitrogen and oxygen atoms in total. The summed E-state index contributed by atoms with van der Waals surface area (Å²) >= 11 is 0. The van der Waals surface area contributed by atoms with Gasteiger partial charge in [-0.15, -0.1) is 0 Å². The molecule has 0 N–H and O–H groups in total. The molecule has 3 aromatic carbocycles. The van der Waals surface area contributed by atoms with E-state index in [0.717, 1.165) is 0 Å². The Morgan fingerprint density at radius 3 is 1.94 bits per heavy atom. The van der Waals surface area contributed by atoms with Gasteiger partial charge >= 0.3 is 5.97 Å². The molecule has 184 valence electrons. The molecule has 4 aromatic rings. The third-order valence-corrected chi connectivity index (χ3v) is 9.65. The zero-order valence-corrected chi connectivity index (χ0v) is 20.9. The van der Waals surface area contributed by atoms with Gasteiger partial charge in [-0.2, -0.15) is 4.31 Å². The molecule has 0 atom stereocenters. The molecule has 0 saturated carbocycles. The molecule has 10 heteroatoms. The molecule has 0 saturated heterocycles. The SMILES string of the molecule is COC(=O)/C=C1/CN(S(=O)(=O)c2ccccc2)Cc2c1c1ccccc1n2S(=O)(=O)c1ccccc1. The topological polar surface area (TPSA) is 103 Å². The maximum Gasteiger partial charge on any atom is 0.330 e. The fraction of sp³-hybridized carbons (Fsp3) is 0.115. The van der Waals surface area contributed by atoms with Gasteiger partial charge in [-0.05, 0) is 35.9 Å². The predicted molar refractivity (Wildman–Crippen MR) is 135 cm³/mol. The lowest BCUT2D eigenvalue weighted by Crippen LogP contribution is -2.37. The van der Waals surface area contributed by atoms with Crippen molar-refractivity contribution in [3.05, 3.63) is 102 Å². The lowest BCUT2D eigenvalue weighted by molar-refractivity contribution is -0.134. The number of fused-ring (bicyclic) bond motifs is 3. The highest BCUT2D eigenvalue weighted by atomic mass is 32.2. The van der Waals surface area contributed by atoms with Gasteiger partial charge in [0.1, 0.15) is 0 Å². The van der Waals surface area contributed by atoms with Gasteiger partial charge in [0.2, 0.25) is 10.0 Å². The van der Waals surface area contributed by atoms with Gasteiger partial charge in [0.05, 0.1) is 34.7 Å². The van der Waals surface area contributed by atoms with E-state index in [1.165, 1.54) is 45.7 Å². The van der Waals surface area contributed by atoms with Gasteiger partial charge < -0.3 is 4.74 Å². The Bertz CT molecular complexity index is 1710. The van der Waals surface area contributed by atoms with E-state index in [9.17, 15) is 21.6 Å². The Balaban J connectivity index is 1.81. The van der Waals surface area contributed by atoms with Crippen molar-refractivity contribution in [2.75, 3.05) is 13.7 Å². The largest absolute Gasteiger partial charge is 0.466 e. The average molecular weight is 523 g/mol. The Labute approximate surface area is 209 Å². The highest BCUT2D eigenvalue weighted by Gasteiger charge is 2.37. The van der Waals surface area contributed by atoms with Crippen molar-refractivity contribution >= 4 is 42.5 Å². The number of aromatic nitrogens is 1. The summed E-state index contributed by atoms with van der Waals surface area (Å²) in [4.78, 5) is 12.4. The van der Waals surface area contributed by atoms with E-state index in [1.807, 2.05) is 0 Å². The molecule has 0 amide bonds. The van der Waals surface area contributed by atoms with Crippen LogP contribution in [0, 0.1) is 0 Å². The van der Waals surface area contributed by atoms with Crippen LogP contribution in [0.4, 0.5) is 0 Å². The molecule has 1 aliphatic heterocycles. The molecule has 0 spiro atoms. The Hall–Kier alpha value is -3.73. The van der Waals surface area contributed by atoms with Crippen molar-refractivity contribution < 1.29 is 26.4 Å². The summed E-state index contributed by atoms with van der Waals surface area (Å²) in [5, 5.41) is 0.596. The first-order chi connectivity index (χ1) is 17.2. The van der Waals surface area contributed by atoms with Gasteiger partial charge in [0.25, 0.3) is 10.0 Å². The van der Waals surface area contributed by atoms with Crippen molar-refractivity contribution in [3.63, 3.8) is 0 Å². The Morgan fingerprint density at radius 1 is 0.778 bits per heavy atom. The average Bonchev–Trinajstić information content (AvgIpc) is 3.25. The first kappa shape index (κ1) is 24.0. The lowest BCUT2D eigenvalue weighted by atomic mass is 9.98. The number of para-hydroxylation sites is 1. The molecule has 1 aliphatic rings. The van der Waals surface area contributed by atoms with Crippen LogP contribution in [0.5, 0.6) is 0 Å². The smallest absolute Gasteiger partial charge is 0.330 e. The summed E-state index contributed by atoms with van der Waals surface area (Å²) in [6.07, 6.45) is 1.22. The first-order valence-electron chi connectivity index (χ1n) is 11.0. The molecule has 2 heterocycles. The number of nitrogens with zero attached hydrogens (tertiary/aromatic N) is 2. The second-order valence-electron chi connectivity index (χ2n) is 8.20. The van der Waals surface area contributed by atoms with Crippen molar-refractivity contribution in [3.8, 4) is 0 Å². The molecule has 0 radical (unpaired) electrons. The minimum absolute atomic E-state index is 0.0649. The van der Waals surface area contributed by atoms with E-state index in [2.05, 4.69) is 0 Å². The fourth-order valence-corrected chi connectivity index (χ4v) is 7.43. The minimum Gasteiger partial charge on any atom is -0.466 e. The molecule has 0 fully saturated rings. The van der Waals surface area contributed by atoms with E-state index in [1.54, 1.807) is 60.7 Å². The highest BCUT2D eigenvalue weighted by Crippen LogP contribution is 2.40. The number of rotatable bonds is 5. The predicted octanol–water partition coefficient (Wildman–Crippen LogP) is 3.64. The fourth-order valence-electron chi connectivity index (χ4n) is 4.46. The number of hydrogen-bond acceptors (Lipinski definition) is 6. The van der Waals surface area contributed by atoms with Crippen LogP contribution < -0.4 is 0 Å². The minimum atomic E-state index is -4.10. The number of carbonyl (C=O) groups excluding carboxylic acids is 1. The molecule has 0 aliphatic carbocycles. The number of methoxy groups -OCH3 is 1. The lowest BCUT2D eigenvalue weighted by Gasteiger charge is -2.29. The first-order valence-corrected chi connectivity index (χ1v) is 13.9. The Kier molecular flexibility index (Phi) is 6.03. The molecule has 1 aromatic heterocycles. The normalized spacial score (nSPS) is 15.6. The van der Waals surface area contributed by atoms with Crippen molar-refractivity contribution in [2.24, 2.45) is 0 Å². The number of hydrogen-bond donors (Lipinski definition) is 0. The number of carbonyl (C=O) groups is 1. The molecular weight excluding hydrogens is 500 g/mol. The summed E-state index contributed by atoms with van der Waals surface area (Å²) in [5.74, 6) is -0.669. The Morgan fingerprint density at radius 2 is 1.33 bits per heavy atom. The summed E-state index contributed by atoms with van der Waals surface area (Å²) < 4.78 is 62.1. The van der Waals surface area contributed by atoms with Crippen molar-refractivity contribution in [2.45, 2.75) is 16.3 Å². The zero-order chi connectivity index (χ0) is 25.5. The summed E-state index contributed by atoms with van der Waals surface area (Å²) in [5.41, 5.74) is 1.50. The van der Waals surface area contributed by atoms with Crippen LogP contribution in [0.25, 0.3) is 16.5 Å². The van der Waals surface area contributed by atoms with Crippen LogP contribution in [-0.2, 0) is 36.1 Å². The van der Waals surface area contributed by atoms with E-state index in [4.69, 9.17) is 4.74 Å². The van der Waals surface area contributed by atoms with Gasteiger partial charge in [-0.25, -0.2) is 25.6 Å². The zero-order valence-electron chi connectivity index (χ0n) is 19.2. The summed E-state index contributed by atoms with van der Waals surface area (Å²) in [6, 6.07) is 22.7. The van der Waals surface area contributed by atoms with Crippen molar-refractivity contribution in [1.29, 1.82) is 0 Å². The van der Waals surface area contributed by atoms with Crippen LogP contribution >= 0.6 is 0 Å². The van der Waals surface area contributed by atoms with Gasteiger partial charge in [-0.3, -0.25) is 0 Å². The molecule has 0 unspecified atom stereocenters. The quantitative estimate of drug-likeness (QED) is 0.293. The molecule has 5 rings (SSSR count). The maximum absolute atomic E-state index is 13.9. The van der Waals surface area contributed by atoms with E-state index in [0.29, 0.717) is 22.0 Å². The molecule has 0 bridgehead atoms. The van der Waals surface area contributed by atoms with Gasteiger partial charge in [0.15, 0.2) is 0 Å². The van der Waals surface area contributed by atoms with E-state index in [-0.39, 0.29) is 28.6 Å². The number of benzene rings is 3. The highest BCUT2D eigenvalue weighted by molar-refractivity contribution is 7.90. The standard InChI is InChI=1S/C26H22N2O6S2/c1-34-25(29)16-19-17-27(35(30,31)20-10-4-2-5-11-20)18-24-26(19)22-14-8-9-15-23(22)28(24)36(32,33)21-12-6-3-7-13-21/h2-16H,17-18H2,1H3/b19-16-. The maximum atomic E-state index is 13.9. The third-order valence-electron chi connectivity index (χ3n) is 6.08. The van der Waals surface area contributed by atoms with Crippen LogP contribution in [-0.4, -0.2) is 44.7 Å². The summed E-state index contributed by atoms with van der Waals surface area (Å²) in [6.45, 7) is -0.329. The van der Waals surface area contributed by atoms with Crippen LogP contribution in [0.2, 0.25) is 0 Å². The molecular formula is C26H22N2O6S2. The summed E-state index contributed by atoms with van der Waals surface area (Å²) in [7, 11) is -6.89. The third kappa shape index (κ3) is 3.93. The second kappa shape index (κ2) is 9.05. The number of ether oxygens (including phenoxy) is 1. The van der Waals surface area contributed by atoms with E-state index >= 15 is 0 Å². The van der Waals surface area contributed by atoms with Crippen molar-refractivity contribution in [1.82, 2.24) is 8.28 Å². The second-order valence-corrected chi connectivity index (χ2v) is 11.9. The monoisotopic (exact) mass is 522 g/mol. The van der Waals surface area contributed by atoms with Gasteiger partial charge in [0, 0.05) is 23.6 Å². The van der Waals surface area contributed by atoms with Gasteiger partial charge in [-0.1, -0.05) is 54.6 Å². The van der Waals surface area contributed by atoms with Crippen LogP contribution in [0.3, 0.4) is 0 Å². The molecule has 36 heavy (non-hydrogen) atoms. The van der Waals surface area contributed by atoms with Crippen LogP contribution in [0.1, 0.15) is 11.3 Å². The van der Waals surface area contributed by atoms with Crippen LogP contribution in [0.15, 0.2) is 101 Å². The number of sulfonamides is 1.